The van der Waals surface area contributed by atoms with Crippen molar-refractivity contribution in [1.82, 2.24) is 10.2 Å². The van der Waals surface area contributed by atoms with Gasteiger partial charge in [-0.05, 0) is 49.1 Å². The van der Waals surface area contributed by atoms with Crippen LogP contribution in [0.1, 0.15) is 24.0 Å². The van der Waals surface area contributed by atoms with Crippen LogP contribution in [0.5, 0.6) is 5.75 Å². The number of benzene rings is 1. The maximum absolute atomic E-state index is 9.92. The van der Waals surface area contributed by atoms with Crippen molar-refractivity contribution in [3.05, 3.63) is 29.3 Å². The molecule has 1 aliphatic carbocycles. The number of rotatable bonds is 2. The van der Waals surface area contributed by atoms with E-state index < -0.39 is 5.54 Å². The molecule has 4 nitrogen and oxygen atoms in total. The summed E-state index contributed by atoms with van der Waals surface area (Å²) in [4.78, 5) is 2.36. The summed E-state index contributed by atoms with van der Waals surface area (Å²) in [6.07, 6.45) is 2.98. The number of ether oxygens (including phenoxy) is 1. The van der Waals surface area contributed by atoms with Gasteiger partial charge in [0, 0.05) is 19.6 Å². The van der Waals surface area contributed by atoms with Crippen molar-refractivity contribution in [1.29, 1.82) is 5.26 Å². The highest BCUT2D eigenvalue weighted by Crippen LogP contribution is 2.43. The van der Waals surface area contributed by atoms with Gasteiger partial charge in [0.15, 0.2) is 0 Å². The number of methoxy groups -OCH3 is 1. The summed E-state index contributed by atoms with van der Waals surface area (Å²) in [6.45, 7) is 3.92. The lowest BCUT2D eigenvalue weighted by atomic mass is 9.90. The zero-order valence-electron chi connectivity index (χ0n) is 12.0. The minimum atomic E-state index is -0.462. The molecule has 1 unspecified atom stereocenters. The average molecular weight is 271 g/mol. The van der Waals surface area contributed by atoms with Crippen molar-refractivity contribution in [3.63, 3.8) is 0 Å². The number of nitrogens with one attached hydrogen (secondary N) is 1. The van der Waals surface area contributed by atoms with Crippen LogP contribution in [0.25, 0.3) is 0 Å². The topological polar surface area (TPSA) is 48.3 Å². The predicted molar refractivity (Wildman–Crippen MR) is 77.7 cm³/mol. The first kappa shape index (κ1) is 13.4. The minimum absolute atomic E-state index is 0.462. The Morgan fingerprint density at radius 2 is 2.25 bits per heavy atom. The Morgan fingerprint density at radius 3 is 3.05 bits per heavy atom. The van der Waals surface area contributed by atoms with E-state index in [1.54, 1.807) is 7.11 Å². The van der Waals surface area contributed by atoms with E-state index in [1.165, 1.54) is 5.56 Å². The predicted octanol–water partition coefficient (Wildman–Crippen LogP) is 1.66. The molecule has 0 aromatic heterocycles. The van der Waals surface area contributed by atoms with Gasteiger partial charge in [0.2, 0.25) is 0 Å². The first-order valence-electron chi connectivity index (χ1n) is 7.34. The highest BCUT2D eigenvalue weighted by molar-refractivity contribution is 5.47. The molecule has 20 heavy (non-hydrogen) atoms. The fraction of sp³-hybridized carbons (Fsp3) is 0.562. The number of hydrogen-bond donors (Lipinski definition) is 1. The number of hydrogen-bond acceptors (Lipinski definition) is 4. The second-order valence-corrected chi connectivity index (χ2v) is 5.59. The lowest BCUT2D eigenvalue weighted by Gasteiger charge is -2.35. The highest BCUT2D eigenvalue weighted by atomic mass is 16.5. The Bertz CT molecular complexity index is 529. The molecular formula is C16H21N3O. The van der Waals surface area contributed by atoms with Crippen LogP contribution in [0.4, 0.5) is 0 Å². The van der Waals surface area contributed by atoms with E-state index in [0.29, 0.717) is 0 Å². The van der Waals surface area contributed by atoms with Gasteiger partial charge in [-0.2, -0.15) is 5.26 Å². The van der Waals surface area contributed by atoms with Crippen molar-refractivity contribution < 1.29 is 4.74 Å². The van der Waals surface area contributed by atoms with Crippen LogP contribution < -0.4 is 10.1 Å². The van der Waals surface area contributed by atoms with Crippen LogP contribution in [-0.2, 0) is 12.0 Å². The Hall–Kier alpha value is -1.57. The Labute approximate surface area is 120 Å². The Balaban J connectivity index is 2.01. The van der Waals surface area contributed by atoms with E-state index in [2.05, 4.69) is 28.4 Å². The van der Waals surface area contributed by atoms with Gasteiger partial charge in [-0.25, -0.2) is 0 Å². The minimum Gasteiger partial charge on any atom is -0.497 e. The summed E-state index contributed by atoms with van der Waals surface area (Å²) in [5.74, 6) is 0.846. The molecule has 0 saturated carbocycles. The summed E-state index contributed by atoms with van der Waals surface area (Å²) in [5, 5.41) is 13.3. The molecule has 106 valence electrons. The van der Waals surface area contributed by atoms with Crippen molar-refractivity contribution in [3.8, 4) is 11.8 Å². The molecule has 0 bridgehead atoms. The average Bonchev–Trinajstić information content (AvgIpc) is 2.67. The maximum atomic E-state index is 9.92. The third-order valence-electron chi connectivity index (χ3n) is 4.58. The van der Waals surface area contributed by atoms with Crippen LogP contribution in [0, 0.1) is 11.3 Å². The number of fused-ring (bicyclic) bond motifs is 1. The van der Waals surface area contributed by atoms with Crippen LogP contribution in [0.2, 0.25) is 0 Å². The third kappa shape index (κ3) is 2.07. The lowest BCUT2D eigenvalue weighted by molar-refractivity contribution is 0.146. The van der Waals surface area contributed by atoms with Crippen molar-refractivity contribution in [2.75, 3.05) is 33.3 Å². The number of aryl methyl sites for hydroxylation is 1. The smallest absolute Gasteiger partial charge is 0.135 e. The second-order valence-electron chi connectivity index (χ2n) is 5.59. The summed E-state index contributed by atoms with van der Waals surface area (Å²) >= 11 is 0. The third-order valence-corrected chi connectivity index (χ3v) is 4.58. The summed E-state index contributed by atoms with van der Waals surface area (Å²) in [7, 11) is 1.68. The molecule has 0 spiro atoms. The molecular weight excluding hydrogens is 250 g/mol. The molecule has 1 fully saturated rings. The van der Waals surface area contributed by atoms with Gasteiger partial charge in [0.1, 0.15) is 11.3 Å². The molecule has 1 saturated heterocycles. The van der Waals surface area contributed by atoms with Crippen molar-refractivity contribution >= 4 is 0 Å². The molecule has 4 heteroatoms. The number of nitrogens with zero attached hydrogens (tertiary/aromatic N) is 2. The monoisotopic (exact) mass is 271 g/mol. The molecule has 3 rings (SSSR count). The van der Waals surface area contributed by atoms with Crippen LogP contribution in [0.3, 0.4) is 0 Å². The SMILES string of the molecule is COc1ccc2c(c1)C(C#N)(N1CCCNCC1)CC2. The standard InChI is InChI=1S/C16H21N3O/c1-20-14-4-3-13-5-6-16(12-17,15(13)11-14)19-9-2-7-18-8-10-19/h3-4,11,18H,2,5-10H2,1H3. The zero-order chi connectivity index (χ0) is 14.0. The van der Waals surface area contributed by atoms with Gasteiger partial charge >= 0.3 is 0 Å². The molecule has 1 aliphatic heterocycles. The molecule has 0 amide bonds. The first-order chi connectivity index (χ1) is 9.80. The van der Waals surface area contributed by atoms with Crippen LogP contribution >= 0.6 is 0 Å². The first-order valence-corrected chi connectivity index (χ1v) is 7.34. The molecule has 1 heterocycles. The van der Waals surface area contributed by atoms with E-state index in [1.807, 2.05) is 6.07 Å². The van der Waals surface area contributed by atoms with Gasteiger partial charge in [0.05, 0.1) is 13.2 Å². The van der Waals surface area contributed by atoms with Gasteiger partial charge in [-0.1, -0.05) is 6.07 Å². The quantitative estimate of drug-likeness (QED) is 0.888. The lowest BCUT2D eigenvalue weighted by Crippen LogP contribution is -2.45. The fourth-order valence-corrected chi connectivity index (χ4v) is 3.48. The Morgan fingerprint density at radius 1 is 1.35 bits per heavy atom. The van der Waals surface area contributed by atoms with Gasteiger partial charge in [-0.3, -0.25) is 4.90 Å². The van der Waals surface area contributed by atoms with E-state index in [4.69, 9.17) is 4.74 Å². The summed E-state index contributed by atoms with van der Waals surface area (Å²) < 4.78 is 5.35. The molecule has 1 atom stereocenters. The van der Waals surface area contributed by atoms with E-state index in [0.717, 1.165) is 56.8 Å². The normalized spacial score (nSPS) is 26.6. The molecule has 0 radical (unpaired) electrons. The van der Waals surface area contributed by atoms with E-state index in [9.17, 15) is 5.26 Å². The molecule has 1 N–H and O–H groups in total. The largest absolute Gasteiger partial charge is 0.497 e. The van der Waals surface area contributed by atoms with Gasteiger partial charge in [-0.15, -0.1) is 0 Å². The highest BCUT2D eigenvalue weighted by Gasteiger charge is 2.44. The molecule has 2 aliphatic rings. The molecule has 1 aromatic rings. The number of nitriles is 1. The van der Waals surface area contributed by atoms with Gasteiger partial charge < -0.3 is 10.1 Å². The van der Waals surface area contributed by atoms with E-state index >= 15 is 0 Å². The summed E-state index contributed by atoms with van der Waals surface area (Å²) in [6, 6.07) is 8.80. The zero-order valence-corrected chi connectivity index (χ0v) is 12.0. The van der Waals surface area contributed by atoms with Crippen molar-refractivity contribution in [2.24, 2.45) is 0 Å². The maximum Gasteiger partial charge on any atom is 0.135 e. The summed E-state index contributed by atoms with van der Waals surface area (Å²) in [5.41, 5.74) is 1.99. The second kappa shape index (κ2) is 5.43. The van der Waals surface area contributed by atoms with Crippen molar-refractivity contribution in [2.45, 2.75) is 24.8 Å². The van der Waals surface area contributed by atoms with E-state index in [-0.39, 0.29) is 0 Å². The van der Waals surface area contributed by atoms with Gasteiger partial charge in [0.25, 0.3) is 0 Å². The Kier molecular flexibility index (Phi) is 3.64. The van der Waals surface area contributed by atoms with Crippen LogP contribution in [0.15, 0.2) is 18.2 Å². The molecule has 1 aromatic carbocycles. The van der Waals surface area contributed by atoms with Crippen LogP contribution in [-0.4, -0.2) is 38.2 Å². The fourth-order valence-electron chi connectivity index (χ4n) is 3.48.